The number of hydrogen-bond acceptors (Lipinski definition) is 7. The van der Waals surface area contributed by atoms with E-state index in [1.165, 1.54) is 25.6 Å². The molecule has 1 aliphatic carbocycles. The summed E-state index contributed by atoms with van der Waals surface area (Å²) in [4.78, 5) is 12.7. The third kappa shape index (κ3) is 3.18. The zero-order valence-corrected chi connectivity index (χ0v) is 11.8. The van der Waals surface area contributed by atoms with Crippen molar-refractivity contribution in [3.8, 4) is 11.5 Å². The number of nitrogens with zero attached hydrogens (tertiary/aromatic N) is 4. The highest BCUT2D eigenvalue weighted by Crippen LogP contribution is 2.32. The molecule has 0 amide bonds. The van der Waals surface area contributed by atoms with Gasteiger partial charge in [0, 0.05) is 18.7 Å². The molecule has 2 heterocycles. The second-order valence-corrected chi connectivity index (χ2v) is 5.23. The molecule has 0 atom stereocenters. The molecule has 0 aromatic carbocycles. The van der Waals surface area contributed by atoms with Gasteiger partial charge in [-0.2, -0.15) is 4.98 Å². The van der Waals surface area contributed by atoms with Crippen LogP contribution in [0.3, 0.4) is 0 Å². The van der Waals surface area contributed by atoms with Crippen LogP contribution in [-0.2, 0) is 0 Å². The highest BCUT2D eigenvalue weighted by atomic mass is 16.5. The predicted octanol–water partition coefficient (Wildman–Crippen LogP) is 1.98. The Labute approximate surface area is 122 Å². The summed E-state index contributed by atoms with van der Waals surface area (Å²) in [5.74, 6) is 2.20. The molecule has 112 valence electrons. The van der Waals surface area contributed by atoms with Gasteiger partial charge < -0.3 is 14.9 Å². The maximum absolute atomic E-state index is 8.91. The fourth-order valence-corrected chi connectivity index (χ4v) is 2.67. The van der Waals surface area contributed by atoms with E-state index in [1.54, 1.807) is 6.20 Å². The molecule has 2 aromatic heterocycles. The quantitative estimate of drug-likeness (QED) is 0.868. The van der Waals surface area contributed by atoms with Crippen LogP contribution in [0.25, 0.3) is 11.5 Å². The van der Waals surface area contributed by atoms with E-state index in [0.29, 0.717) is 29.7 Å². The van der Waals surface area contributed by atoms with E-state index in [4.69, 9.17) is 9.63 Å². The third-order valence-corrected chi connectivity index (χ3v) is 3.76. The van der Waals surface area contributed by atoms with Gasteiger partial charge in [-0.25, -0.2) is 9.97 Å². The lowest BCUT2D eigenvalue weighted by Crippen LogP contribution is -2.08. The van der Waals surface area contributed by atoms with Gasteiger partial charge in [0.25, 0.3) is 5.89 Å². The molecule has 0 radical (unpaired) electrons. The maximum atomic E-state index is 8.91. The van der Waals surface area contributed by atoms with E-state index in [-0.39, 0.29) is 6.61 Å². The van der Waals surface area contributed by atoms with Gasteiger partial charge in [-0.3, -0.25) is 0 Å². The van der Waals surface area contributed by atoms with Gasteiger partial charge in [0.05, 0.1) is 6.61 Å². The van der Waals surface area contributed by atoms with Gasteiger partial charge in [-0.1, -0.05) is 24.4 Å². The van der Waals surface area contributed by atoms with Crippen molar-refractivity contribution in [3.63, 3.8) is 0 Å². The van der Waals surface area contributed by atoms with Crippen LogP contribution in [0.15, 0.2) is 17.0 Å². The zero-order chi connectivity index (χ0) is 14.5. The highest BCUT2D eigenvalue weighted by molar-refractivity contribution is 5.67. The topological polar surface area (TPSA) is 97.0 Å². The van der Waals surface area contributed by atoms with Gasteiger partial charge in [-0.15, -0.1) is 0 Å². The average molecular weight is 289 g/mol. The molecule has 0 unspecified atom stereocenters. The molecule has 0 bridgehead atoms. The van der Waals surface area contributed by atoms with Crippen molar-refractivity contribution in [3.05, 3.63) is 18.3 Å². The Balaban J connectivity index is 1.82. The first kappa shape index (κ1) is 13.9. The van der Waals surface area contributed by atoms with Gasteiger partial charge in [0.2, 0.25) is 0 Å². The number of hydrogen-bond donors (Lipinski definition) is 2. The SMILES string of the molecule is OCCNc1ncncc1-c1nc(C2CCCCC2)no1. The fraction of sp³-hybridized carbons (Fsp3) is 0.571. The molecule has 0 saturated heterocycles. The van der Waals surface area contributed by atoms with Crippen LogP contribution in [-0.4, -0.2) is 38.4 Å². The van der Waals surface area contributed by atoms with Gasteiger partial charge in [0.1, 0.15) is 17.7 Å². The Hall–Kier alpha value is -2.02. The molecule has 1 saturated carbocycles. The Morgan fingerprint density at radius 1 is 1.29 bits per heavy atom. The summed E-state index contributed by atoms with van der Waals surface area (Å²) in [5.41, 5.74) is 0.667. The number of nitrogens with one attached hydrogen (secondary N) is 1. The second kappa shape index (κ2) is 6.62. The van der Waals surface area contributed by atoms with Crippen LogP contribution in [0.1, 0.15) is 43.8 Å². The van der Waals surface area contributed by atoms with Crippen LogP contribution in [0.4, 0.5) is 5.82 Å². The standard InChI is InChI=1S/C14H19N5O2/c20-7-6-16-13-11(8-15-9-17-13)14-18-12(19-21-14)10-4-2-1-3-5-10/h8-10,20H,1-7H2,(H,15,16,17). The van der Waals surface area contributed by atoms with E-state index in [2.05, 4.69) is 25.4 Å². The molecule has 0 aliphatic heterocycles. The third-order valence-electron chi connectivity index (χ3n) is 3.76. The summed E-state index contributed by atoms with van der Waals surface area (Å²) in [6.07, 6.45) is 9.09. The molecule has 0 spiro atoms. The monoisotopic (exact) mass is 289 g/mol. The molecule has 7 heteroatoms. The van der Waals surface area contributed by atoms with Crippen LogP contribution in [0, 0.1) is 0 Å². The van der Waals surface area contributed by atoms with Crippen molar-refractivity contribution in [1.82, 2.24) is 20.1 Å². The number of aliphatic hydroxyl groups is 1. The van der Waals surface area contributed by atoms with Crippen LogP contribution in [0.2, 0.25) is 0 Å². The van der Waals surface area contributed by atoms with Crippen LogP contribution >= 0.6 is 0 Å². The smallest absolute Gasteiger partial charge is 0.263 e. The van der Waals surface area contributed by atoms with Crippen LogP contribution < -0.4 is 5.32 Å². The van der Waals surface area contributed by atoms with Crippen molar-refractivity contribution >= 4 is 5.82 Å². The summed E-state index contributed by atoms with van der Waals surface area (Å²) < 4.78 is 5.38. The van der Waals surface area contributed by atoms with Crippen molar-refractivity contribution < 1.29 is 9.63 Å². The minimum absolute atomic E-state index is 0.0284. The highest BCUT2D eigenvalue weighted by Gasteiger charge is 2.22. The molecule has 1 aliphatic rings. The van der Waals surface area contributed by atoms with E-state index >= 15 is 0 Å². The number of rotatable bonds is 5. The van der Waals surface area contributed by atoms with Crippen molar-refractivity contribution in [2.75, 3.05) is 18.5 Å². The van der Waals surface area contributed by atoms with Crippen molar-refractivity contribution in [2.45, 2.75) is 38.0 Å². The minimum Gasteiger partial charge on any atom is -0.395 e. The van der Waals surface area contributed by atoms with E-state index in [1.807, 2.05) is 0 Å². The minimum atomic E-state index is 0.0284. The number of aromatic nitrogens is 4. The second-order valence-electron chi connectivity index (χ2n) is 5.23. The molecule has 2 N–H and O–H groups in total. The first-order chi connectivity index (χ1) is 10.4. The largest absolute Gasteiger partial charge is 0.395 e. The van der Waals surface area contributed by atoms with Gasteiger partial charge >= 0.3 is 0 Å². The molecular formula is C14H19N5O2. The van der Waals surface area contributed by atoms with Gasteiger partial charge in [-0.05, 0) is 12.8 Å². The summed E-state index contributed by atoms with van der Waals surface area (Å²) in [5, 5.41) is 16.0. The van der Waals surface area contributed by atoms with E-state index in [0.717, 1.165) is 18.7 Å². The predicted molar refractivity (Wildman–Crippen MR) is 76.7 cm³/mol. The van der Waals surface area contributed by atoms with Crippen molar-refractivity contribution in [2.24, 2.45) is 0 Å². The Morgan fingerprint density at radius 3 is 2.95 bits per heavy atom. The Kier molecular flexibility index (Phi) is 4.40. The zero-order valence-electron chi connectivity index (χ0n) is 11.8. The first-order valence-electron chi connectivity index (χ1n) is 7.37. The first-order valence-corrected chi connectivity index (χ1v) is 7.37. The fourth-order valence-electron chi connectivity index (χ4n) is 2.67. The molecule has 21 heavy (non-hydrogen) atoms. The van der Waals surface area contributed by atoms with Gasteiger partial charge in [0.15, 0.2) is 5.82 Å². The maximum Gasteiger partial charge on any atom is 0.263 e. The molecule has 3 rings (SSSR count). The number of aliphatic hydroxyl groups excluding tert-OH is 1. The molecule has 7 nitrogen and oxygen atoms in total. The Morgan fingerprint density at radius 2 is 2.14 bits per heavy atom. The van der Waals surface area contributed by atoms with Crippen molar-refractivity contribution in [1.29, 1.82) is 0 Å². The van der Waals surface area contributed by atoms with E-state index < -0.39 is 0 Å². The summed E-state index contributed by atoms with van der Waals surface area (Å²) in [6, 6.07) is 0. The normalized spacial score (nSPS) is 16.0. The summed E-state index contributed by atoms with van der Waals surface area (Å²) in [7, 11) is 0. The lowest BCUT2D eigenvalue weighted by molar-refractivity contribution is 0.311. The molecular weight excluding hydrogens is 270 g/mol. The van der Waals surface area contributed by atoms with E-state index in [9.17, 15) is 0 Å². The lowest BCUT2D eigenvalue weighted by atomic mass is 9.89. The summed E-state index contributed by atoms with van der Waals surface area (Å²) >= 11 is 0. The molecule has 1 fully saturated rings. The average Bonchev–Trinajstić information content (AvgIpc) is 3.04. The Bertz CT molecular complexity index is 580. The van der Waals surface area contributed by atoms with Crippen LogP contribution in [0.5, 0.6) is 0 Å². The number of anilines is 1. The summed E-state index contributed by atoms with van der Waals surface area (Å²) in [6.45, 7) is 0.439. The lowest BCUT2D eigenvalue weighted by Gasteiger charge is -2.17. The molecule has 2 aromatic rings.